The van der Waals surface area contributed by atoms with E-state index in [1.807, 2.05) is 41.9 Å². The molecule has 2 rings (SSSR count). The first-order valence-corrected chi connectivity index (χ1v) is 4.49. The van der Waals surface area contributed by atoms with E-state index < -0.39 is 0 Å². The lowest BCUT2D eigenvalue weighted by Gasteiger charge is -2.01. The van der Waals surface area contributed by atoms with E-state index in [1.165, 1.54) is 0 Å². The van der Waals surface area contributed by atoms with Crippen LogP contribution >= 0.6 is 0 Å². The number of hydrogen-bond acceptors (Lipinski definition) is 2. The Labute approximate surface area is 82.7 Å². The van der Waals surface area contributed by atoms with Crippen molar-refractivity contribution in [2.24, 2.45) is 7.05 Å². The molecular formula is C11H12N2O. The minimum absolute atomic E-state index is 0.0146. The van der Waals surface area contributed by atoms with Crippen LogP contribution in [-0.4, -0.2) is 14.7 Å². The molecule has 3 nitrogen and oxygen atoms in total. The lowest BCUT2D eigenvalue weighted by atomic mass is 10.1. The second-order valence-corrected chi connectivity index (χ2v) is 3.17. The molecule has 0 saturated heterocycles. The second-order valence-electron chi connectivity index (χ2n) is 3.17. The zero-order valence-corrected chi connectivity index (χ0v) is 8.01. The third-order valence-electron chi connectivity index (χ3n) is 2.26. The van der Waals surface area contributed by atoms with Crippen LogP contribution < -0.4 is 0 Å². The van der Waals surface area contributed by atoms with Gasteiger partial charge in [-0.1, -0.05) is 30.3 Å². The van der Waals surface area contributed by atoms with Gasteiger partial charge in [0.2, 0.25) is 0 Å². The molecule has 2 aromatic rings. The van der Waals surface area contributed by atoms with Crippen molar-refractivity contribution in [1.82, 2.24) is 9.55 Å². The Bertz CT molecular complexity index is 420. The molecule has 0 amide bonds. The van der Waals surface area contributed by atoms with Crippen molar-refractivity contribution >= 4 is 0 Å². The van der Waals surface area contributed by atoms with Gasteiger partial charge in [-0.05, 0) is 0 Å². The van der Waals surface area contributed by atoms with Crippen molar-refractivity contribution in [3.63, 3.8) is 0 Å². The Morgan fingerprint density at radius 3 is 2.64 bits per heavy atom. The number of nitrogens with zero attached hydrogens (tertiary/aromatic N) is 2. The molecule has 0 aliphatic carbocycles. The Morgan fingerprint density at radius 2 is 2.00 bits per heavy atom. The van der Waals surface area contributed by atoms with E-state index in [9.17, 15) is 5.11 Å². The molecule has 0 fully saturated rings. The van der Waals surface area contributed by atoms with E-state index in [0.717, 1.165) is 17.0 Å². The fourth-order valence-electron chi connectivity index (χ4n) is 1.48. The maximum absolute atomic E-state index is 9.19. The molecule has 1 aromatic heterocycles. The molecule has 0 atom stereocenters. The predicted molar refractivity (Wildman–Crippen MR) is 54.6 cm³/mol. The van der Waals surface area contributed by atoms with E-state index in [2.05, 4.69) is 4.98 Å². The Morgan fingerprint density at radius 1 is 1.29 bits per heavy atom. The second kappa shape index (κ2) is 3.64. The van der Waals surface area contributed by atoms with Gasteiger partial charge in [0.25, 0.3) is 0 Å². The van der Waals surface area contributed by atoms with Gasteiger partial charge in [-0.15, -0.1) is 0 Å². The molecule has 14 heavy (non-hydrogen) atoms. The minimum Gasteiger partial charge on any atom is -0.390 e. The molecule has 0 aliphatic rings. The molecule has 72 valence electrons. The standard InChI is InChI=1S/C11H12N2O/c1-13-8-12-11(10(13)7-14)9-5-3-2-4-6-9/h2-6,8,14H,7H2,1H3. The van der Waals surface area contributed by atoms with Gasteiger partial charge in [0.05, 0.1) is 24.3 Å². The van der Waals surface area contributed by atoms with Gasteiger partial charge in [-0.2, -0.15) is 0 Å². The first kappa shape index (κ1) is 8.97. The summed E-state index contributed by atoms with van der Waals surface area (Å²) in [6.45, 7) is 0.0146. The summed E-state index contributed by atoms with van der Waals surface area (Å²) in [6, 6.07) is 9.87. The Balaban J connectivity index is 2.52. The minimum atomic E-state index is 0.0146. The number of aliphatic hydroxyl groups is 1. The number of aliphatic hydroxyl groups excluding tert-OH is 1. The van der Waals surface area contributed by atoms with Crippen LogP contribution in [0.5, 0.6) is 0 Å². The molecule has 0 radical (unpaired) electrons. The summed E-state index contributed by atoms with van der Waals surface area (Å²) >= 11 is 0. The zero-order valence-electron chi connectivity index (χ0n) is 8.01. The summed E-state index contributed by atoms with van der Waals surface area (Å²) in [5.74, 6) is 0. The summed E-state index contributed by atoms with van der Waals surface area (Å²) in [7, 11) is 1.88. The maximum atomic E-state index is 9.19. The van der Waals surface area contributed by atoms with Crippen LogP contribution in [0, 0.1) is 0 Å². The quantitative estimate of drug-likeness (QED) is 0.777. The van der Waals surface area contributed by atoms with Gasteiger partial charge in [0, 0.05) is 12.6 Å². The summed E-state index contributed by atoms with van der Waals surface area (Å²) in [6.07, 6.45) is 1.72. The smallest absolute Gasteiger partial charge is 0.0954 e. The Kier molecular flexibility index (Phi) is 2.33. The van der Waals surface area contributed by atoms with Crippen LogP contribution in [0.1, 0.15) is 5.69 Å². The molecule has 0 saturated carbocycles. The maximum Gasteiger partial charge on any atom is 0.0954 e. The van der Waals surface area contributed by atoms with Crippen LogP contribution in [0.2, 0.25) is 0 Å². The van der Waals surface area contributed by atoms with E-state index in [1.54, 1.807) is 6.33 Å². The normalized spacial score (nSPS) is 10.4. The molecule has 1 aromatic carbocycles. The topological polar surface area (TPSA) is 38.0 Å². The first-order chi connectivity index (χ1) is 6.83. The van der Waals surface area contributed by atoms with Gasteiger partial charge >= 0.3 is 0 Å². The molecule has 1 N–H and O–H groups in total. The van der Waals surface area contributed by atoms with Crippen molar-refractivity contribution in [2.45, 2.75) is 6.61 Å². The summed E-state index contributed by atoms with van der Waals surface area (Å²) in [5, 5.41) is 9.19. The average Bonchev–Trinajstić information content (AvgIpc) is 2.61. The highest BCUT2D eigenvalue weighted by Crippen LogP contribution is 2.20. The van der Waals surface area contributed by atoms with E-state index in [0.29, 0.717) is 0 Å². The third-order valence-corrected chi connectivity index (χ3v) is 2.26. The monoisotopic (exact) mass is 188 g/mol. The first-order valence-electron chi connectivity index (χ1n) is 4.49. The SMILES string of the molecule is Cn1cnc(-c2ccccc2)c1CO. The third kappa shape index (κ3) is 1.42. The van der Waals surface area contributed by atoms with Crippen LogP contribution in [0.4, 0.5) is 0 Å². The molecule has 1 heterocycles. The van der Waals surface area contributed by atoms with Gasteiger partial charge in [-0.3, -0.25) is 0 Å². The molecule has 0 unspecified atom stereocenters. The van der Waals surface area contributed by atoms with Crippen LogP contribution in [0.3, 0.4) is 0 Å². The molecule has 3 heteroatoms. The number of aryl methyl sites for hydroxylation is 1. The average molecular weight is 188 g/mol. The highest BCUT2D eigenvalue weighted by Gasteiger charge is 2.08. The summed E-state index contributed by atoms with van der Waals surface area (Å²) in [5.41, 5.74) is 2.74. The van der Waals surface area contributed by atoms with Crippen molar-refractivity contribution in [2.75, 3.05) is 0 Å². The van der Waals surface area contributed by atoms with Crippen molar-refractivity contribution in [1.29, 1.82) is 0 Å². The zero-order chi connectivity index (χ0) is 9.97. The van der Waals surface area contributed by atoms with Gasteiger partial charge in [0.15, 0.2) is 0 Å². The van der Waals surface area contributed by atoms with Crippen LogP contribution in [-0.2, 0) is 13.7 Å². The van der Waals surface area contributed by atoms with E-state index in [4.69, 9.17) is 0 Å². The van der Waals surface area contributed by atoms with Crippen LogP contribution in [0.25, 0.3) is 11.3 Å². The molecular weight excluding hydrogens is 176 g/mol. The Hall–Kier alpha value is -1.61. The number of aromatic nitrogens is 2. The van der Waals surface area contributed by atoms with E-state index >= 15 is 0 Å². The highest BCUT2D eigenvalue weighted by atomic mass is 16.3. The molecule has 0 bridgehead atoms. The van der Waals surface area contributed by atoms with Gasteiger partial charge in [-0.25, -0.2) is 4.98 Å². The van der Waals surface area contributed by atoms with E-state index in [-0.39, 0.29) is 6.61 Å². The largest absolute Gasteiger partial charge is 0.390 e. The molecule has 0 aliphatic heterocycles. The van der Waals surface area contributed by atoms with Crippen molar-refractivity contribution in [3.8, 4) is 11.3 Å². The van der Waals surface area contributed by atoms with Gasteiger partial charge < -0.3 is 9.67 Å². The fourth-order valence-corrected chi connectivity index (χ4v) is 1.48. The van der Waals surface area contributed by atoms with Crippen molar-refractivity contribution < 1.29 is 5.11 Å². The lowest BCUT2D eigenvalue weighted by Crippen LogP contribution is -1.95. The fraction of sp³-hybridized carbons (Fsp3) is 0.182. The number of rotatable bonds is 2. The lowest BCUT2D eigenvalue weighted by molar-refractivity contribution is 0.273. The number of benzene rings is 1. The number of imidazole rings is 1. The number of hydrogen-bond donors (Lipinski definition) is 1. The summed E-state index contributed by atoms with van der Waals surface area (Å²) in [4.78, 5) is 4.26. The van der Waals surface area contributed by atoms with Crippen molar-refractivity contribution in [3.05, 3.63) is 42.4 Å². The van der Waals surface area contributed by atoms with Gasteiger partial charge in [0.1, 0.15) is 0 Å². The predicted octanol–water partition coefficient (Wildman–Crippen LogP) is 1.58. The van der Waals surface area contributed by atoms with Crippen LogP contribution in [0.15, 0.2) is 36.7 Å². The molecule has 0 spiro atoms. The highest BCUT2D eigenvalue weighted by molar-refractivity contribution is 5.61. The summed E-state index contributed by atoms with van der Waals surface area (Å²) < 4.78 is 1.84.